The van der Waals surface area contributed by atoms with Gasteiger partial charge in [-0.3, -0.25) is 9.59 Å². The van der Waals surface area contributed by atoms with E-state index in [2.05, 4.69) is 37.4 Å². The van der Waals surface area contributed by atoms with Gasteiger partial charge in [0, 0.05) is 33.9 Å². The maximum Gasteiger partial charge on any atom is 0.242 e. The zero-order chi connectivity index (χ0) is 25.4. The lowest BCUT2D eigenvalue weighted by molar-refractivity contribution is -0.142. The van der Waals surface area contributed by atoms with Crippen LogP contribution in [0.3, 0.4) is 0 Å². The van der Waals surface area contributed by atoms with Gasteiger partial charge in [0.1, 0.15) is 0 Å². The number of nitrogens with zero attached hydrogens (tertiary/aromatic N) is 2. The van der Waals surface area contributed by atoms with Crippen molar-refractivity contribution in [2.24, 2.45) is 11.8 Å². The molecule has 2 aromatic carbocycles. The summed E-state index contributed by atoms with van der Waals surface area (Å²) in [6, 6.07) is 17.5. The molecular weight excluding hydrogens is 511 g/mol. The monoisotopic (exact) mass is 540 g/mol. The third-order valence-electron chi connectivity index (χ3n) is 7.10. The van der Waals surface area contributed by atoms with Crippen LogP contribution in [0.1, 0.15) is 53.8 Å². The number of benzene rings is 2. The number of hydrogen-bond acceptors (Lipinski definition) is 3. The van der Waals surface area contributed by atoms with Crippen LogP contribution in [0.4, 0.5) is 0 Å². The Kier molecular flexibility index (Phi) is 7.43. The summed E-state index contributed by atoms with van der Waals surface area (Å²) in [4.78, 5) is 32.4. The lowest BCUT2D eigenvalue weighted by atomic mass is 9.93. The van der Waals surface area contributed by atoms with Crippen LogP contribution in [0.15, 0.2) is 60.0 Å². The topological polar surface area (TPSA) is 40.6 Å². The highest BCUT2D eigenvalue weighted by atomic mass is 35.5. The molecule has 2 aliphatic rings. The summed E-state index contributed by atoms with van der Waals surface area (Å²) in [5.41, 5.74) is 3.17. The third-order valence-corrected chi connectivity index (χ3v) is 8.66. The Morgan fingerprint density at radius 2 is 1.86 bits per heavy atom. The molecule has 0 saturated heterocycles. The molecule has 0 spiro atoms. The second kappa shape index (κ2) is 10.6. The predicted molar refractivity (Wildman–Crippen MR) is 147 cm³/mol. The van der Waals surface area contributed by atoms with Crippen LogP contribution in [-0.2, 0) is 16.0 Å². The molecule has 0 bridgehead atoms. The number of fused-ring (bicyclic) bond motifs is 1. The minimum Gasteiger partial charge on any atom is -0.333 e. The van der Waals surface area contributed by atoms with Crippen LogP contribution in [0, 0.1) is 11.8 Å². The predicted octanol–water partition coefficient (Wildman–Crippen LogP) is 6.82. The Labute approximate surface area is 226 Å². The maximum absolute atomic E-state index is 13.8. The Bertz CT molecular complexity index is 1260. The smallest absolute Gasteiger partial charge is 0.242 e. The van der Waals surface area contributed by atoms with Gasteiger partial charge in [-0.25, -0.2) is 0 Å². The van der Waals surface area contributed by atoms with Gasteiger partial charge in [-0.2, -0.15) is 0 Å². The number of rotatable bonds is 7. The fourth-order valence-electron chi connectivity index (χ4n) is 5.34. The van der Waals surface area contributed by atoms with Gasteiger partial charge in [-0.15, -0.1) is 11.3 Å². The van der Waals surface area contributed by atoms with Crippen molar-refractivity contribution in [2.75, 3.05) is 19.6 Å². The van der Waals surface area contributed by atoms with Gasteiger partial charge >= 0.3 is 0 Å². The number of hydrogen-bond donors (Lipinski definition) is 0. The molecule has 3 aromatic rings. The van der Waals surface area contributed by atoms with Crippen molar-refractivity contribution < 1.29 is 9.59 Å². The van der Waals surface area contributed by atoms with Crippen molar-refractivity contribution in [1.82, 2.24) is 9.80 Å². The highest BCUT2D eigenvalue weighted by Crippen LogP contribution is 2.48. The first-order valence-electron chi connectivity index (χ1n) is 12.5. The van der Waals surface area contributed by atoms with Crippen molar-refractivity contribution in [3.8, 4) is 0 Å². The first-order valence-corrected chi connectivity index (χ1v) is 14.1. The average molecular weight is 542 g/mol. The molecule has 36 heavy (non-hydrogen) atoms. The summed E-state index contributed by atoms with van der Waals surface area (Å²) >= 11 is 14.5. The largest absolute Gasteiger partial charge is 0.333 e. The number of amides is 2. The molecule has 1 saturated carbocycles. The van der Waals surface area contributed by atoms with E-state index in [9.17, 15) is 9.59 Å². The summed E-state index contributed by atoms with van der Waals surface area (Å²) in [7, 11) is 0. The second-order valence-electron chi connectivity index (χ2n) is 10.2. The minimum absolute atomic E-state index is 0.0474. The molecule has 0 N–H and O–H groups in total. The van der Waals surface area contributed by atoms with E-state index in [4.69, 9.17) is 23.2 Å². The summed E-state index contributed by atoms with van der Waals surface area (Å²) < 4.78 is 0. The highest BCUT2D eigenvalue weighted by Gasteiger charge is 2.46. The number of carbonyl (C=O) groups excluding carboxylic acids is 2. The molecule has 3 atom stereocenters. The van der Waals surface area contributed by atoms with Gasteiger partial charge in [0.05, 0.1) is 12.6 Å². The summed E-state index contributed by atoms with van der Waals surface area (Å²) in [5.74, 6) is 0.494. The molecule has 0 radical (unpaired) electrons. The van der Waals surface area contributed by atoms with Gasteiger partial charge in [0.2, 0.25) is 11.8 Å². The zero-order valence-corrected chi connectivity index (χ0v) is 22.8. The lowest BCUT2D eigenvalue weighted by Crippen LogP contribution is -2.48. The molecule has 1 fully saturated rings. The molecule has 1 aliphatic heterocycles. The van der Waals surface area contributed by atoms with Gasteiger partial charge in [-0.1, -0.05) is 73.4 Å². The fourth-order valence-corrected chi connectivity index (χ4v) is 6.76. The van der Waals surface area contributed by atoms with Gasteiger partial charge in [-0.05, 0) is 64.9 Å². The Morgan fingerprint density at radius 1 is 1.08 bits per heavy atom. The van der Waals surface area contributed by atoms with Crippen molar-refractivity contribution in [1.29, 1.82) is 0 Å². The van der Waals surface area contributed by atoms with E-state index in [-0.39, 0.29) is 42.2 Å². The number of halogens is 2. The normalized spacial score (nSPS) is 20.8. The molecule has 1 aromatic heterocycles. The van der Waals surface area contributed by atoms with Crippen LogP contribution in [0.5, 0.6) is 0 Å². The van der Waals surface area contributed by atoms with Crippen molar-refractivity contribution >= 4 is 46.4 Å². The maximum atomic E-state index is 13.8. The van der Waals surface area contributed by atoms with Crippen LogP contribution in [0.25, 0.3) is 0 Å². The molecule has 2 heterocycles. The minimum atomic E-state index is -0.286. The zero-order valence-electron chi connectivity index (χ0n) is 20.5. The van der Waals surface area contributed by atoms with E-state index in [1.54, 1.807) is 22.3 Å². The first-order chi connectivity index (χ1) is 17.3. The van der Waals surface area contributed by atoms with Crippen LogP contribution in [0.2, 0.25) is 10.0 Å². The van der Waals surface area contributed by atoms with Crippen molar-refractivity contribution in [2.45, 2.75) is 38.6 Å². The van der Waals surface area contributed by atoms with Gasteiger partial charge in [0.25, 0.3) is 0 Å². The standard InChI is InChI=1S/C29H30Cl2N2O2S/c1-18(2)16-32(29(35)24-15-23(24)19-6-4-3-5-7-19)17-27(34)33-12-10-26-22(11-13-36-26)28(33)21-9-8-20(30)14-25(21)31/h3-9,11,13-14,18,23-24,28H,10,12,15-17H2,1-2H3/t23-,24-,28+/m0/s1. The SMILES string of the molecule is CC(C)CN(CC(=O)N1CCc2sccc2[C@H]1c1ccc(Cl)cc1Cl)C(=O)[C@H]1C[C@H]1c1ccccc1. The molecule has 5 rings (SSSR count). The molecule has 0 unspecified atom stereocenters. The Morgan fingerprint density at radius 3 is 2.58 bits per heavy atom. The molecule has 4 nitrogen and oxygen atoms in total. The first kappa shape index (κ1) is 25.3. The number of thiophene rings is 1. The van der Waals surface area contributed by atoms with E-state index >= 15 is 0 Å². The molecule has 7 heteroatoms. The second-order valence-corrected chi connectivity index (χ2v) is 12.0. The van der Waals surface area contributed by atoms with E-state index < -0.39 is 0 Å². The van der Waals surface area contributed by atoms with Crippen LogP contribution >= 0.6 is 34.5 Å². The molecule has 188 valence electrons. The highest BCUT2D eigenvalue weighted by molar-refractivity contribution is 7.10. The van der Waals surface area contributed by atoms with Crippen molar-refractivity contribution in [3.63, 3.8) is 0 Å². The summed E-state index contributed by atoms with van der Waals surface area (Å²) in [5, 5.41) is 3.18. The average Bonchev–Trinajstić information content (AvgIpc) is 3.51. The Hall–Kier alpha value is -2.34. The van der Waals surface area contributed by atoms with E-state index in [0.717, 1.165) is 24.0 Å². The lowest BCUT2D eigenvalue weighted by Gasteiger charge is -2.38. The van der Waals surface area contributed by atoms with Crippen LogP contribution in [-0.4, -0.2) is 41.2 Å². The van der Waals surface area contributed by atoms with Gasteiger partial charge in [0.15, 0.2) is 0 Å². The molecular formula is C29H30Cl2N2O2S. The Balaban J connectivity index is 1.38. The van der Waals surface area contributed by atoms with Gasteiger partial charge < -0.3 is 9.80 Å². The number of carbonyl (C=O) groups is 2. The molecule has 2 amide bonds. The fraction of sp³-hybridized carbons (Fsp3) is 0.379. The van der Waals surface area contributed by atoms with E-state index in [0.29, 0.717) is 23.1 Å². The quantitative estimate of drug-likeness (QED) is 0.330. The van der Waals surface area contributed by atoms with Crippen molar-refractivity contribution in [3.05, 3.63) is 91.6 Å². The van der Waals surface area contributed by atoms with Crippen LogP contribution < -0.4 is 0 Å². The summed E-state index contributed by atoms with van der Waals surface area (Å²) in [6.45, 7) is 5.40. The van der Waals surface area contributed by atoms with E-state index in [1.165, 1.54) is 10.4 Å². The summed E-state index contributed by atoms with van der Waals surface area (Å²) in [6.07, 6.45) is 1.65. The third kappa shape index (κ3) is 5.20. The van der Waals surface area contributed by atoms with E-state index in [1.807, 2.05) is 35.2 Å². The molecule has 1 aliphatic carbocycles.